The van der Waals surface area contributed by atoms with E-state index in [-0.39, 0.29) is 5.56 Å². The van der Waals surface area contributed by atoms with Crippen molar-refractivity contribution in [3.63, 3.8) is 0 Å². The Morgan fingerprint density at radius 2 is 2.06 bits per heavy atom. The van der Waals surface area contributed by atoms with Crippen LogP contribution in [-0.2, 0) is 7.05 Å². The number of nitrogens with one attached hydrogen (secondary N) is 1. The molecule has 3 aromatic rings. The smallest absolute Gasteiger partial charge is 0.272 e. The van der Waals surface area contributed by atoms with Gasteiger partial charge >= 0.3 is 0 Å². The van der Waals surface area contributed by atoms with Gasteiger partial charge in [-0.2, -0.15) is 0 Å². The van der Waals surface area contributed by atoms with Crippen LogP contribution in [0.1, 0.15) is 0 Å². The molecule has 2 heterocycles. The van der Waals surface area contributed by atoms with Crippen molar-refractivity contribution >= 4 is 33.4 Å². The largest absolute Gasteiger partial charge is 0.339 e. The topological polar surface area (TPSA) is 37.8 Å². The van der Waals surface area contributed by atoms with Gasteiger partial charge in [-0.25, -0.2) is 0 Å². The Bertz CT molecular complexity index is 755. The Hall–Kier alpha value is -1.74. The van der Waals surface area contributed by atoms with Crippen LogP contribution in [0.25, 0.3) is 21.8 Å². The van der Waals surface area contributed by atoms with Crippen LogP contribution < -0.4 is 5.56 Å². The summed E-state index contributed by atoms with van der Waals surface area (Å²) < 4.78 is 1.89. The molecule has 1 aromatic carbocycles. The molecule has 0 aliphatic carbocycles. The van der Waals surface area contributed by atoms with Gasteiger partial charge < -0.3 is 9.55 Å². The van der Waals surface area contributed by atoms with Crippen LogP contribution in [0.3, 0.4) is 0 Å². The van der Waals surface area contributed by atoms with Gasteiger partial charge in [0, 0.05) is 34.6 Å². The van der Waals surface area contributed by atoms with Crippen LogP contribution in [0, 0.1) is 0 Å². The highest BCUT2D eigenvalue weighted by molar-refractivity contribution is 6.31. The van der Waals surface area contributed by atoms with Gasteiger partial charge in [-0.3, -0.25) is 4.79 Å². The molecule has 0 aliphatic rings. The minimum Gasteiger partial charge on any atom is -0.339 e. The molecule has 4 heteroatoms. The number of H-pyrrole nitrogens is 1. The van der Waals surface area contributed by atoms with E-state index in [1.54, 1.807) is 6.20 Å². The number of nitrogens with zero attached hydrogens (tertiary/aromatic N) is 1. The Morgan fingerprint density at radius 1 is 1.25 bits per heavy atom. The van der Waals surface area contributed by atoms with E-state index in [0.29, 0.717) is 10.5 Å². The first-order valence-corrected chi connectivity index (χ1v) is 5.31. The lowest BCUT2D eigenvalue weighted by molar-refractivity contribution is 0.999. The molecule has 0 amide bonds. The number of hydrogen-bond acceptors (Lipinski definition) is 1. The highest BCUT2D eigenvalue weighted by Gasteiger charge is 2.10. The molecule has 0 bridgehead atoms. The van der Waals surface area contributed by atoms with Gasteiger partial charge in [0.2, 0.25) is 0 Å². The highest BCUT2D eigenvalue weighted by Crippen LogP contribution is 2.27. The molecule has 0 atom stereocenters. The Morgan fingerprint density at radius 3 is 2.88 bits per heavy atom. The molecule has 16 heavy (non-hydrogen) atoms. The molecule has 0 radical (unpaired) electrons. The third-order valence-corrected chi connectivity index (χ3v) is 3.12. The lowest BCUT2D eigenvalue weighted by atomic mass is 10.2. The number of aryl methyl sites for hydroxylation is 1. The van der Waals surface area contributed by atoms with E-state index in [0.717, 1.165) is 16.3 Å². The quantitative estimate of drug-likeness (QED) is 0.636. The SMILES string of the molecule is Cn1c2ccc(Cl)cc2c2cc[nH]c(=O)c21. The maximum atomic E-state index is 11.7. The number of pyridine rings is 1. The number of benzene rings is 1. The van der Waals surface area contributed by atoms with Gasteiger partial charge in [-0.05, 0) is 24.3 Å². The van der Waals surface area contributed by atoms with Gasteiger partial charge in [0.25, 0.3) is 5.56 Å². The summed E-state index contributed by atoms with van der Waals surface area (Å²) >= 11 is 5.97. The number of rotatable bonds is 0. The third-order valence-electron chi connectivity index (χ3n) is 2.88. The van der Waals surface area contributed by atoms with Crippen molar-refractivity contribution in [3.8, 4) is 0 Å². The molecule has 0 fully saturated rings. The van der Waals surface area contributed by atoms with Crippen LogP contribution in [0.2, 0.25) is 5.02 Å². The zero-order chi connectivity index (χ0) is 11.3. The van der Waals surface area contributed by atoms with Crippen molar-refractivity contribution in [2.24, 2.45) is 7.05 Å². The summed E-state index contributed by atoms with van der Waals surface area (Å²) in [4.78, 5) is 14.4. The monoisotopic (exact) mass is 232 g/mol. The normalized spacial score (nSPS) is 11.4. The molecule has 0 unspecified atom stereocenters. The van der Waals surface area contributed by atoms with Crippen LogP contribution in [0.4, 0.5) is 0 Å². The summed E-state index contributed by atoms with van der Waals surface area (Å²) in [5, 5.41) is 2.63. The highest BCUT2D eigenvalue weighted by atomic mass is 35.5. The summed E-state index contributed by atoms with van der Waals surface area (Å²) in [7, 11) is 1.88. The minimum absolute atomic E-state index is 0.0766. The van der Waals surface area contributed by atoms with Gasteiger partial charge in [0.1, 0.15) is 5.52 Å². The van der Waals surface area contributed by atoms with Crippen LogP contribution in [0.5, 0.6) is 0 Å². The van der Waals surface area contributed by atoms with E-state index in [2.05, 4.69) is 4.98 Å². The van der Waals surface area contributed by atoms with Crippen LogP contribution >= 0.6 is 11.6 Å². The second-order valence-corrected chi connectivity index (χ2v) is 4.23. The molecule has 0 saturated carbocycles. The molecule has 80 valence electrons. The van der Waals surface area contributed by atoms with Crippen molar-refractivity contribution < 1.29 is 0 Å². The first-order valence-electron chi connectivity index (χ1n) is 4.94. The summed E-state index contributed by atoms with van der Waals surface area (Å²) in [6.45, 7) is 0. The lowest BCUT2D eigenvalue weighted by Crippen LogP contribution is -2.07. The summed E-state index contributed by atoms with van der Waals surface area (Å²) in [5.74, 6) is 0. The van der Waals surface area contributed by atoms with E-state index in [1.807, 2.05) is 35.9 Å². The lowest BCUT2D eigenvalue weighted by Gasteiger charge is -1.96. The van der Waals surface area contributed by atoms with Crippen LogP contribution in [0.15, 0.2) is 35.3 Å². The van der Waals surface area contributed by atoms with E-state index >= 15 is 0 Å². The third kappa shape index (κ3) is 1.12. The average Bonchev–Trinajstić information content (AvgIpc) is 2.54. The maximum Gasteiger partial charge on any atom is 0.272 e. The van der Waals surface area contributed by atoms with Gasteiger partial charge in [-0.15, -0.1) is 0 Å². The number of hydrogen-bond donors (Lipinski definition) is 1. The Kier molecular flexibility index (Phi) is 1.85. The molecule has 3 nitrogen and oxygen atoms in total. The summed E-state index contributed by atoms with van der Waals surface area (Å²) in [6.07, 6.45) is 1.66. The molecule has 1 N–H and O–H groups in total. The number of halogens is 1. The predicted molar refractivity (Wildman–Crippen MR) is 66.1 cm³/mol. The maximum absolute atomic E-state index is 11.7. The van der Waals surface area contributed by atoms with E-state index in [1.165, 1.54) is 0 Å². The fraction of sp³-hybridized carbons (Fsp3) is 0.0833. The van der Waals surface area contributed by atoms with Crippen LogP contribution in [-0.4, -0.2) is 9.55 Å². The van der Waals surface area contributed by atoms with E-state index < -0.39 is 0 Å². The molecular weight excluding hydrogens is 224 g/mol. The van der Waals surface area contributed by atoms with Crippen molar-refractivity contribution in [3.05, 3.63) is 45.8 Å². The Labute approximate surface area is 96.3 Å². The molecule has 3 rings (SSSR count). The first kappa shape index (κ1) is 9.48. The van der Waals surface area contributed by atoms with Crippen molar-refractivity contribution in [1.29, 1.82) is 0 Å². The zero-order valence-corrected chi connectivity index (χ0v) is 9.38. The zero-order valence-electron chi connectivity index (χ0n) is 8.62. The fourth-order valence-corrected chi connectivity index (χ4v) is 2.33. The molecule has 0 spiro atoms. The van der Waals surface area contributed by atoms with Crippen molar-refractivity contribution in [2.75, 3.05) is 0 Å². The minimum atomic E-state index is -0.0766. The number of fused-ring (bicyclic) bond motifs is 3. The summed E-state index contributed by atoms with van der Waals surface area (Å²) in [6, 6.07) is 7.54. The Balaban J connectivity index is 2.71. The van der Waals surface area contributed by atoms with Crippen molar-refractivity contribution in [1.82, 2.24) is 9.55 Å². The van der Waals surface area contributed by atoms with E-state index in [9.17, 15) is 4.79 Å². The average molecular weight is 233 g/mol. The van der Waals surface area contributed by atoms with Gasteiger partial charge in [-0.1, -0.05) is 11.6 Å². The summed E-state index contributed by atoms with van der Waals surface area (Å²) in [5.41, 5.74) is 1.61. The fourth-order valence-electron chi connectivity index (χ4n) is 2.16. The molecular formula is C12H9ClN2O. The van der Waals surface area contributed by atoms with Crippen molar-refractivity contribution in [2.45, 2.75) is 0 Å². The number of aromatic amines is 1. The molecule has 0 saturated heterocycles. The van der Waals surface area contributed by atoms with E-state index in [4.69, 9.17) is 11.6 Å². The first-order chi connectivity index (χ1) is 7.68. The second-order valence-electron chi connectivity index (χ2n) is 3.79. The number of aromatic nitrogens is 2. The second kappa shape index (κ2) is 3.12. The predicted octanol–water partition coefficient (Wildman–Crippen LogP) is 2.67. The standard InChI is InChI=1S/C12H9ClN2O/c1-15-10-3-2-7(13)6-9(10)8-4-5-14-12(16)11(8)15/h2-6H,1H3,(H,14,16). The van der Waals surface area contributed by atoms with Gasteiger partial charge in [0.15, 0.2) is 0 Å². The van der Waals surface area contributed by atoms with Gasteiger partial charge in [0.05, 0.1) is 0 Å². The molecule has 0 aliphatic heterocycles. The molecule has 2 aromatic heterocycles.